The predicted molar refractivity (Wildman–Crippen MR) is 144 cm³/mol. The average Bonchev–Trinajstić information content (AvgIpc) is 3.43. The van der Waals surface area contributed by atoms with E-state index in [1.165, 1.54) is 16.8 Å². The Balaban J connectivity index is 1.79. The maximum absolute atomic E-state index is 6.44. The van der Waals surface area contributed by atoms with Crippen LogP contribution in [0.1, 0.15) is 56.2 Å². The van der Waals surface area contributed by atoms with Crippen molar-refractivity contribution in [2.24, 2.45) is 0 Å². The maximum atomic E-state index is 6.44. The third-order valence-corrected chi connectivity index (χ3v) is 6.96. The minimum Gasteiger partial charge on any atom is -0.455 e. The zero-order valence-electron chi connectivity index (χ0n) is 20.8. The molecule has 0 saturated heterocycles. The van der Waals surface area contributed by atoms with Gasteiger partial charge in [-0.3, -0.25) is 4.57 Å². The molecule has 4 heteroatoms. The second-order valence-electron chi connectivity index (χ2n) is 9.95. The van der Waals surface area contributed by atoms with Crippen LogP contribution in [0.15, 0.2) is 77.3 Å². The van der Waals surface area contributed by atoms with Crippen molar-refractivity contribution in [1.29, 1.82) is 0 Å². The number of furan rings is 1. The van der Waals surface area contributed by atoms with Gasteiger partial charge >= 0.3 is 0 Å². The summed E-state index contributed by atoms with van der Waals surface area (Å²) in [5.41, 5.74) is 9.39. The molecule has 4 nitrogen and oxygen atoms in total. The summed E-state index contributed by atoms with van der Waals surface area (Å²) in [6.07, 6.45) is 1.88. The van der Waals surface area contributed by atoms with Crippen LogP contribution >= 0.6 is 0 Å². The van der Waals surface area contributed by atoms with Crippen LogP contribution in [0.5, 0.6) is 0 Å². The quantitative estimate of drug-likeness (QED) is 0.265. The molecule has 0 saturated carbocycles. The van der Waals surface area contributed by atoms with E-state index in [-0.39, 0.29) is 0 Å². The van der Waals surface area contributed by atoms with Crippen LogP contribution in [0.3, 0.4) is 0 Å². The van der Waals surface area contributed by atoms with Gasteiger partial charge in [-0.25, -0.2) is 9.97 Å². The number of nitrogens with zero attached hydrogens (tertiary/aromatic N) is 3. The van der Waals surface area contributed by atoms with Gasteiger partial charge < -0.3 is 4.42 Å². The molecule has 0 spiro atoms. The smallest absolute Gasteiger partial charge is 0.165 e. The molecule has 0 aliphatic rings. The first-order chi connectivity index (χ1) is 17.0. The summed E-state index contributed by atoms with van der Waals surface area (Å²) in [6, 6.07) is 23.2. The molecule has 35 heavy (non-hydrogen) atoms. The lowest BCUT2D eigenvalue weighted by atomic mass is 9.92. The number of imidazole rings is 1. The Bertz CT molecular complexity index is 1690. The molecular weight excluding hydrogens is 430 g/mol. The van der Waals surface area contributed by atoms with Gasteiger partial charge in [0.15, 0.2) is 11.5 Å². The van der Waals surface area contributed by atoms with Crippen LogP contribution in [-0.4, -0.2) is 14.5 Å². The molecular formula is C31H29N3O. The molecule has 0 bridgehead atoms. The first-order valence-electron chi connectivity index (χ1n) is 12.3. The average molecular weight is 460 g/mol. The lowest BCUT2D eigenvalue weighted by Gasteiger charge is -2.22. The largest absolute Gasteiger partial charge is 0.455 e. The Kier molecular flexibility index (Phi) is 4.99. The molecule has 0 unspecified atom stereocenters. The van der Waals surface area contributed by atoms with Gasteiger partial charge in [-0.1, -0.05) is 76.2 Å². The van der Waals surface area contributed by atoms with E-state index in [0.717, 1.165) is 50.1 Å². The molecule has 174 valence electrons. The van der Waals surface area contributed by atoms with Gasteiger partial charge in [0.1, 0.15) is 16.7 Å². The van der Waals surface area contributed by atoms with Crippen LogP contribution in [0.2, 0.25) is 0 Å². The molecule has 3 aromatic carbocycles. The molecule has 6 rings (SSSR count). The van der Waals surface area contributed by atoms with Crippen molar-refractivity contribution >= 4 is 33.1 Å². The number of aryl methyl sites for hydroxylation is 1. The van der Waals surface area contributed by atoms with Gasteiger partial charge in [-0.2, -0.15) is 0 Å². The number of benzene rings is 3. The van der Waals surface area contributed by atoms with E-state index in [2.05, 4.69) is 87.7 Å². The van der Waals surface area contributed by atoms with Crippen molar-refractivity contribution in [2.75, 3.05) is 0 Å². The Morgan fingerprint density at radius 3 is 2.20 bits per heavy atom. The molecule has 0 N–H and O–H groups in total. The molecule has 3 aromatic heterocycles. The number of rotatable bonds is 4. The number of pyridine rings is 1. The fourth-order valence-corrected chi connectivity index (χ4v) is 5.18. The van der Waals surface area contributed by atoms with Gasteiger partial charge in [0, 0.05) is 17.0 Å². The first-order valence-corrected chi connectivity index (χ1v) is 12.3. The van der Waals surface area contributed by atoms with E-state index in [1.54, 1.807) is 0 Å². The number of aromatic nitrogens is 3. The van der Waals surface area contributed by atoms with E-state index in [1.807, 2.05) is 24.4 Å². The number of hydrogen-bond acceptors (Lipinski definition) is 3. The second kappa shape index (κ2) is 8.09. The third kappa shape index (κ3) is 3.28. The summed E-state index contributed by atoms with van der Waals surface area (Å²) in [6.45, 7) is 11.1. The van der Waals surface area contributed by atoms with E-state index < -0.39 is 0 Å². The predicted octanol–water partition coefficient (Wildman–Crippen LogP) is 8.54. The van der Waals surface area contributed by atoms with E-state index in [9.17, 15) is 0 Å². The van der Waals surface area contributed by atoms with Crippen LogP contribution in [0.25, 0.3) is 50.2 Å². The topological polar surface area (TPSA) is 43.9 Å². The molecule has 6 aromatic rings. The van der Waals surface area contributed by atoms with Gasteiger partial charge in [-0.05, 0) is 53.6 Å². The highest BCUT2D eigenvalue weighted by Gasteiger charge is 2.25. The third-order valence-electron chi connectivity index (χ3n) is 6.96. The monoisotopic (exact) mass is 459 g/mol. The summed E-state index contributed by atoms with van der Waals surface area (Å²) in [5, 5.41) is 2.22. The van der Waals surface area contributed by atoms with E-state index in [0.29, 0.717) is 11.8 Å². The van der Waals surface area contributed by atoms with Crippen molar-refractivity contribution in [3.63, 3.8) is 0 Å². The fraction of sp³-hybridized carbons (Fsp3) is 0.226. The van der Waals surface area contributed by atoms with Crippen molar-refractivity contribution in [1.82, 2.24) is 14.5 Å². The number of fused-ring (bicyclic) bond motifs is 4. The highest BCUT2D eigenvalue weighted by atomic mass is 16.3. The lowest BCUT2D eigenvalue weighted by Crippen LogP contribution is -2.09. The van der Waals surface area contributed by atoms with Crippen molar-refractivity contribution in [3.8, 4) is 17.1 Å². The zero-order chi connectivity index (χ0) is 24.3. The number of para-hydroxylation sites is 3. The normalized spacial score (nSPS) is 12.1. The fourth-order valence-electron chi connectivity index (χ4n) is 5.18. The highest BCUT2D eigenvalue weighted by Crippen LogP contribution is 2.40. The summed E-state index contributed by atoms with van der Waals surface area (Å²) < 4.78 is 8.71. The Hall–Kier alpha value is -3.92. The van der Waals surface area contributed by atoms with Gasteiger partial charge in [-0.15, -0.1) is 0 Å². The highest BCUT2D eigenvalue weighted by molar-refractivity contribution is 6.09. The van der Waals surface area contributed by atoms with Crippen LogP contribution in [0.4, 0.5) is 0 Å². The Labute approximate surface area is 205 Å². The summed E-state index contributed by atoms with van der Waals surface area (Å²) in [7, 11) is 0. The standard InChI is InChI=1S/C31H29N3O/c1-18(2)21-11-8-12-22(19(3)4)28(21)34-30(33-27-20(5)16-17-32-31(27)34)25-14-9-13-24-23-10-6-7-15-26(23)35-29(24)25/h6-19H,1-5H3. The first kappa shape index (κ1) is 21.6. The maximum Gasteiger partial charge on any atom is 0.165 e. The van der Waals surface area contributed by atoms with E-state index >= 15 is 0 Å². The second-order valence-corrected chi connectivity index (χ2v) is 9.95. The lowest BCUT2D eigenvalue weighted by molar-refractivity contribution is 0.669. The van der Waals surface area contributed by atoms with Crippen molar-refractivity contribution in [2.45, 2.75) is 46.5 Å². The molecule has 0 radical (unpaired) electrons. The minimum absolute atomic E-state index is 0.348. The summed E-state index contributed by atoms with van der Waals surface area (Å²) in [4.78, 5) is 10.1. The number of hydrogen-bond donors (Lipinski definition) is 0. The van der Waals surface area contributed by atoms with Gasteiger partial charge in [0.2, 0.25) is 0 Å². The van der Waals surface area contributed by atoms with Crippen LogP contribution in [0, 0.1) is 6.92 Å². The molecule has 0 fully saturated rings. The van der Waals surface area contributed by atoms with Crippen molar-refractivity contribution in [3.05, 3.63) is 89.6 Å². The Morgan fingerprint density at radius 2 is 1.46 bits per heavy atom. The molecule has 0 amide bonds. The van der Waals surface area contributed by atoms with Crippen LogP contribution in [-0.2, 0) is 0 Å². The molecule has 0 aliphatic carbocycles. The van der Waals surface area contributed by atoms with Crippen LogP contribution < -0.4 is 0 Å². The molecule has 0 atom stereocenters. The Morgan fingerprint density at radius 1 is 0.771 bits per heavy atom. The van der Waals surface area contributed by atoms with E-state index in [4.69, 9.17) is 14.4 Å². The van der Waals surface area contributed by atoms with Gasteiger partial charge in [0.25, 0.3) is 0 Å². The molecule has 3 heterocycles. The van der Waals surface area contributed by atoms with Gasteiger partial charge in [0.05, 0.1) is 11.3 Å². The molecule has 0 aliphatic heterocycles. The summed E-state index contributed by atoms with van der Waals surface area (Å²) in [5.74, 6) is 1.56. The zero-order valence-corrected chi connectivity index (χ0v) is 20.8. The SMILES string of the molecule is Cc1ccnc2c1nc(-c1cccc3c1oc1ccccc13)n2-c1c(C(C)C)cccc1C(C)C. The minimum atomic E-state index is 0.348. The van der Waals surface area contributed by atoms with Crippen molar-refractivity contribution < 1.29 is 4.42 Å². The summed E-state index contributed by atoms with van der Waals surface area (Å²) >= 11 is 0.